The largest absolute Gasteiger partial charge is 0.388 e. The number of rotatable bonds is 2. The lowest BCUT2D eigenvalue weighted by Crippen LogP contribution is -2.63. The van der Waals surface area contributed by atoms with Gasteiger partial charge >= 0.3 is 0 Å². The lowest BCUT2D eigenvalue weighted by atomic mass is 9.49. The molecule has 0 amide bonds. The van der Waals surface area contributed by atoms with Crippen molar-refractivity contribution in [3.63, 3.8) is 0 Å². The normalized spacial score (nSPS) is 41.7. The predicted molar refractivity (Wildman–Crippen MR) is 145 cm³/mol. The highest BCUT2D eigenvalue weighted by Gasteiger charge is 2.70. The van der Waals surface area contributed by atoms with E-state index >= 15 is 0 Å². The van der Waals surface area contributed by atoms with E-state index in [1.165, 1.54) is 16.7 Å². The molecule has 3 heterocycles. The standard InChI is InChI=1S/C31H39N3O3/c1-17-32-22-9-7-18(13-23(22)33-17)20-8-10-25-29(20,4)28(2,3)15-19-14-21-26(35)27(36)24(34(5)6)16-30(21)11-12-31(19,25)37-30/h7-9,13-15,24-27,35-36H,10-12,16H2,1-6H3,(H,32,33). The van der Waals surface area contributed by atoms with Crippen LogP contribution in [0.1, 0.15) is 57.8 Å². The molecule has 0 radical (unpaired) electrons. The van der Waals surface area contributed by atoms with Gasteiger partial charge in [0.1, 0.15) is 11.9 Å². The summed E-state index contributed by atoms with van der Waals surface area (Å²) in [6.45, 7) is 9.14. The summed E-state index contributed by atoms with van der Waals surface area (Å²) in [5, 5.41) is 22.2. The molecule has 2 aliphatic heterocycles. The fourth-order valence-electron chi connectivity index (χ4n) is 8.82. The number of aliphatic hydroxyl groups excluding tert-OH is 2. The minimum Gasteiger partial charge on any atom is -0.388 e. The molecule has 3 N–H and O–H groups in total. The molecule has 2 bridgehead atoms. The molecule has 196 valence electrons. The number of hydrogen-bond donors (Lipinski definition) is 3. The average molecular weight is 502 g/mol. The number of H-pyrrole nitrogens is 1. The molecule has 7 unspecified atom stereocenters. The molecule has 1 aromatic heterocycles. The van der Waals surface area contributed by atoms with Crippen molar-refractivity contribution < 1.29 is 14.9 Å². The van der Waals surface area contributed by atoms with Crippen molar-refractivity contribution in [3.05, 3.63) is 59.0 Å². The van der Waals surface area contributed by atoms with E-state index in [0.29, 0.717) is 12.3 Å². The smallest absolute Gasteiger partial charge is 0.105 e. The van der Waals surface area contributed by atoms with Crippen LogP contribution in [0, 0.1) is 23.7 Å². The summed E-state index contributed by atoms with van der Waals surface area (Å²) in [6.07, 6.45) is 8.87. The Morgan fingerprint density at radius 1 is 1.14 bits per heavy atom. The molecular weight excluding hydrogens is 462 g/mol. The fourth-order valence-corrected chi connectivity index (χ4v) is 8.82. The SMILES string of the molecule is Cc1nc2ccc(C3=CCC4C56CCC7(CC(N(C)C)C(O)C(O)C7=CC5=CC(C)(C)C34C)O6)cc2[nH]1. The first-order valence-corrected chi connectivity index (χ1v) is 13.8. The number of allylic oxidation sites excluding steroid dienone is 3. The lowest BCUT2D eigenvalue weighted by molar-refractivity contribution is -0.170. The number of imidazole rings is 1. The third-order valence-electron chi connectivity index (χ3n) is 11.0. The number of benzene rings is 1. The van der Waals surface area contributed by atoms with Gasteiger partial charge < -0.3 is 24.8 Å². The molecule has 2 aromatic rings. The van der Waals surface area contributed by atoms with Gasteiger partial charge in [-0.3, -0.25) is 0 Å². The maximum absolute atomic E-state index is 11.3. The number of hydrogen-bond acceptors (Lipinski definition) is 5. The summed E-state index contributed by atoms with van der Waals surface area (Å²) >= 11 is 0. The van der Waals surface area contributed by atoms with Gasteiger partial charge in [-0.25, -0.2) is 4.98 Å². The zero-order valence-electron chi connectivity index (χ0n) is 22.8. The Kier molecular flexibility index (Phi) is 4.66. The molecule has 1 aromatic carbocycles. The summed E-state index contributed by atoms with van der Waals surface area (Å²) in [4.78, 5) is 10.1. The molecule has 6 heteroatoms. The van der Waals surface area contributed by atoms with Crippen molar-refractivity contribution in [2.75, 3.05) is 14.1 Å². The fraction of sp³-hybridized carbons (Fsp3) is 0.581. The highest BCUT2D eigenvalue weighted by Crippen LogP contribution is 2.71. The second kappa shape index (κ2) is 7.23. The topological polar surface area (TPSA) is 81.6 Å². The Labute approximate surface area is 219 Å². The van der Waals surface area contributed by atoms with Crippen molar-refractivity contribution in [2.24, 2.45) is 16.7 Å². The molecule has 7 atom stereocenters. The predicted octanol–water partition coefficient (Wildman–Crippen LogP) is 4.53. The molecular formula is C31H39N3O3. The molecule has 7 rings (SSSR count). The van der Waals surface area contributed by atoms with Gasteiger partial charge in [0.05, 0.1) is 28.3 Å². The summed E-state index contributed by atoms with van der Waals surface area (Å²) in [7, 11) is 3.96. The molecule has 1 saturated heterocycles. The van der Waals surface area contributed by atoms with E-state index in [2.05, 4.69) is 67.2 Å². The number of ether oxygens (including phenoxy) is 1. The van der Waals surface area contributed by atoms with E-state index in [1.54, 1.807) is 0 Å². The summed E-state index contributed by atoms with van der Waals surface area (Å²) in [5.41, 5.74) is 5.67. The van der Waals surface area contributed by atoms with E-state index in [1.807, 2.05) is 25.9 Å². The maximum Gasteiger partial charge on any atom is 0.105 e. The Balaban J connectivity index is 1.36. The quantitative estimate of drug-likeness (QED) is 0.563. The highest BCUT2D eigenvalue weighted by molar-refractivity contribution is 5.84. The van der Waals surface area contributed by atoms with Gasteiger partial charge in [-0.2, -0.15) is 0 Å². The summed E-state index contributed by atoms with van der Waals surface area (Å²) < 4.78 is 7.33. The molecule has 2 spiro atoms. The van der Waals surface area contributed by atoms with Crippen molar-refractivity contribution in [1.29, 1.82) is 0 Å². The zero-order chi connectivity index (χ0) is 26.1. The zero-order valence-corrected chi connectivity index (χ0v) is 22.8. The highest BCUT2D eigenvalue weighted by atomic mass is 16.5. The van der Waals surface area contributed by atoms with Crippen LogP contribution < -0.4 is 0 Å². The first kappa shape index (κ1) is 23.8. The molecule has 2 fully saturated rings. The Hall–Kier alpha value is -2.25. The Bertz CT molecular complexity index is 1420. The molecule has 6 nitrogen and oxygen atoms in total. The van der Waals surface area contributed by atoms with Crippen LogP contribution in [-0.2, 0) is 4.74 Å². The number of aromatic nitrogens is 2. The summed E-state index contributed by atoms with van der Waals surface area (Å²) in [5.74, 6) is 1.23. The second-order valence-electron chi connectivity index (χ2n) is 13.2. The lowest BCUT2D eigenvalue weighted by Gasteiger charge is -2.60. The van der Waals surface area contributed by atoms with Crippen LogP contribution in [0.4, 0.5) is 0 Å². The number of fused-ring (bicyclic) bond motifs is 2. The Morgan fingerprint density at radius 3 is 2.68 bits per heavy atom. The van der Waals surface area contributed by atoms with Gasteiger partial charge in [0.2, 0.25) is 0 Å². The van der Waals surface area contributed by atoms with Crippen LogP contribution >= 0.6 is 0 Å². The van der Waals surface area contributed by atoms with Crippen LogP contribution in [-0.4, -0.2) is 68.6 Å². The van der Waals surface area contributed by atoms with Gasteiger partial charge in [-0.1, -0.05) is 45.1 Å². The van der Waals surface area contributed by atoms with Crippen molar-refractivity contribution in [1.82, 2.24) is 14.9 Å². The molecule has 37 heavy (non-hydrogen) atoms. The van der Waals surface area contributed by atoms with Crippen molar-refractivity contribution in [2.45, 2.75) is 82.8 Å². The average Bonchev–Trinajstić information content (AvgIpc) is 3.49. The van der Waals surface area contributed by atoms with Gasteiger partial charge in [-0.15, -0.1) is 0 Å². The maximum atomic E-state index is 11.3. The second-order valence-corrected chi connectivity index (χ2v) is 13.2. The number of nitrogens with one attached hydrogen (secondary N) is 1. The van der Waals surface area contributed by atoms with E-state index < -0.39 is 17.8 Å². The number of aryl methyl sites for hydroxylation is 1. The van der Waals surface area contributed by atoms with Gasteiger partial charge in [0, 0.05) is 17.4 Å². The first-order valence-electron chi connectivity index (χ1n) is 13.8. The number of nitrogens with zero attached hydrogens (tertiary/aromatic N) is 2. The van der Waals surface area contributed by atoms with E-state index in [0.717, 1.165) is 41.7 Å². The van der Waals surface area contributed by atoms with Gasteiger partial charge in [0.15, 0.2) is 0 Å². The minimum atomic E-state index is -0.906. The van der Waals surface area contributed by atoms with Crippen molar-refractivity contribution in [3.8, 4) is 0 Å². The Morgan fingerprint density at radius 2 is 1.92 bits per heavy atom. The third kappa shape index (κ3) is 2.82. The third-order valence-corrected chi connectivity index (χ3v) is 11.0. The number of likely N-dealkylation sites (N-methyl/N-ethyl adjacent to an activating group) is 1. The number of aromatic amines is 1. The van der Waals surface area contributed by atoms with Crippen LogP contribution in [0.15, 0.2) is 47.6 Å². The van der Waals surface area contributed by atoms with Crippen LogP contribution in [0.5, 0.6) is 0 Å². The van der Waals surface area contributed by atoms with E-state index in [4.69, 9.17) is 4.74 Å². The summed E-state index contributed by atoms with van der Waals surface area (Å²) in [6, 6.07) is 6.48. The molecule has 5 aliphatic rings. The van der Waals surface area contributed by atoms with E-state index in [9.17, 15) is 10.2 Å². The number of aliphatic hydroxyl groups is 2. The van der Waals surface area contributed by atoms with E-state index in [-0.39, 0.29) is 22.5 Å². The van der Waals surface area contributed by atoms with Crippen LogP contribution in [0.25, 0.3) is 16.6 Å². The minimum absolute atomic E-state index is 0.121. The molecule has 3 aliphatic carbocycles. The first-order chi connectivity index (χ1) is 17.4. The van der Waals surface area contributed by atoms with Gasteiger partial charge in [0.25, 0.3) is 0 Å². The monoisotopic (exact) mass is 501 g/mol. The van der Waals surface area contributed by atoms with Crippen LogP contribution in [0.3, 0.4) is 0 Å². The van der Waals surface area contributed by atoms with Crippen molar-refractivity contribution >= 4 is 16.6 Å². The van der Waals surface area contributed by atoms with Crippen LogP contribution in [0.2, 0.25) is 0 Å². The van der Waals surface area contributed by atoms with Gasteiger partial charge in [-0.05, 0) is 86.5 Å². The molecule has 1 saturated carbocycles.